The highest BCUT2D eigenvalue weighted by Gasteiger charge is 2.36. The highest BCUT2D eigenvalue weighted by molar-refractivity contribution is 6.34. The van der Waals surface area contributed by atoms with Crippen molar-refractivity contribution in [1.29, 1.82) is 0 Å². The molecule has 0 bridgehead atoms. The van der Waals surface area contributed by atoms with E-state index in [9.17, 15) is 14.4 Å². The SMILES string of the molecule is CC(C)(C)OC(=O)N1CCc2ccc(N3C(=O)c4ccccc4C3=O)cc2CC1. The Hall–Kier alpha value is -3.15. The zero-order chi connectivity index (χ0) is 20.8. The van der Waals surface area contributed by atoms with Crippen LogP contribution in [0.1, 0.15) is 52.6 Å². The molecule has 4 rings (SSSR count). The zero-order valence-electron chi connectivity index (χ0n) is 16.9. The van der Waals surface area contributed by atoms with E-state index in [0.29, 0.717) is 42.7 Å². The summed E-state index contributed by atoms with van der Waals surface area (Å²) in [6, 6.07) is 12.5. The molecule has 2 aliphatic heterocycles. The van der Waals surface area contributed by atoms with Crippen molar-refractivity contribution >= 4 is 23.6 Å². The van der Waals surface area contributed by atoms with Crippen LogP contribution < -0.4 is 4.90 Å². The van der Waals surface area contributed by atoms with Gasteiger partial charge in [-0.05, 0) is 69.0 Å². The van der Waals surface area contributed by atoms with Gasteiger partial charge in [-0.15, -0.1) is 0 Å². The Morgan fingerprint density at radius 1 is 0.897 bits per heavy atom. The van der Waals surface area contributed by atoms with Gasteiger partial charge in [0.25, 0.3) is 11.8 Å². The van der Waals surface area contributed by atoms with Gasteiger partial charge in [-0.25, -0.2) is 9.69 Å². The number of imide groups is 1. The number of ether oxygens (including phenoxy) is 1. The Morgan fingerprint density at radius 3 is 2.07 bits per heavy atom. The molecule has 6 nitrogen and oxygen atoms in total. The molecule has 0 saturated heterocycles. The molecular weight excluding hydrogens is 368 g/mol. The van der Waals surface area contributed by atoms with Crippen LogP contribution >= 0.6 is 0 Å². The molecule has 3 amide bonds. The average Bonchev–Trinajstić information content (AvgIpc) is 2.82. The van der Waals surface area contributed by atoms with E-state index in [1.165, 1.54) is 4.90 Å². The first-order chi connectivity index (χ1) is 13.7. The van der Waals surface area contributed by atoms with Crippen molar-refractivity contribution < 1.29 is 19.1 Å². The molecule has 2 heterocycles. The first kappa shape index (κ1) is 19.2. The van der Waals surface area contributed by atoms with E-state index >= 15 is 0 Å². The molecule has 0 aliphatic carbocycles. The summed E-state index contributed by atoms with van der Waals surface area (Å²) in [5, 5.41) is 0. The topological polar surface area (TPSA) is 66.9 Å². The molecule has 2 aliphatic rings. The lowest BCUT2D eigenvalue weighted by Gasteiger charge is -2.26. The van der Waals surface area contributed by atoms with Crippen LogP contribution in [0.5, 0.6) is 0 Å². The Morgan fingerprint density at radius 2 is 1.48 bits per heavy atom. The van der Waals surface area contributed by atoms with Gasteiger partial charge < -0.3 is 9.64 Å². The summed E-state index contributed by atoms with van der Waals surface area (Å²) in [5.41, 5.74) is 3.07. The predicted octanol–water partition coefficient (Wildman–Crippen LogP) is 3.82. The maximum Gasteiger partial charge on any atom is 0.410 e. The fraction of sp³-hybridized carbons (Fsp3) is 0.348. The normalized spacial score (nSPS) is 16.4. The van der Waals surface area contributed by atoms with Crippen molar-refractivity contribution in [2.24, 2.45) is 0 Å². The fourth-order valence-electron chi connectivity index (χ4n) is 3.78. The summed E-state index contributed by atoms with van der Waals surface area (Å²) < 4.78 is 5.49. The molecule has 2 aromatic rings. The van der Waals surface area contributed by atoms with Gasteiger partial charge in [-0.2, -0.15) is 0 Å². The molecule has 0 unspecified atom stereocenters. The van der Waals surface area contributed by atoms with Crippen molar-refractivity contribution in [1.82, 2.24) is 4.90 Å². The lowest BCUT2D eigenvalue weighted by molar-refractivity contribution is 0.0258. The maximum atomic E-state index is 12.8. The smallest absolute Gasteiger partial charge is 0.410 e. The predicted molar refractivity (Wildman–Crippen MR) is 109 cm³/mol. The van der Waals surface area contributed by atoms with Gasteiger partial charge in [0.1, 0.15) is 5.60 Å². The van der Waals surface area contributed by atoms with Gasteiger partial charge in [0.15, 0.2) is 0 Å². The summed E-state index contributed by atoms with van der Waals surface area (Å²) in [5.74, 6) is -0.593. The third kappa shape index (κ3) is 3.62. The summed E-state index contributed by atoms with van der Waals surface area (Å²) in [7, 11) is 0. The van der Waals surface area contributed by atoms with Crippen LogP contribution in [0, 0.1) is 0 Å². The molecule has 29 heavy (non-hydrogen) atoms. The van der Waals surface area contributed by atoms with E-state index in [0.717, 1.165) is 11.1 Å². The van der Waals surface area contributed by atoms with Gasteiger partial charge >= 0.3 is 6.09 Å². The van der Waals surface area contributed by atoms with E-state index in [1.54, 1.807) is 29.2 Å². The lowest BCUT2D eigenvalue weighted by atomic mass is 10.0. The monoisotopic (exact) mass is 392 g/mol. The summed E-state index contributed by atoms with van der Waals surface area (Å²) >= 11 is 0. The Kier molecular flexibility index (Phi) is 4.65. The zero-order valence-corrected chi connectivity index (χ0v) is 16.9. The number of carbonyl (C=O) groups is 3. The molecule has 2 aromatic carbocycles. The average molecular weight is 392 g/mol. The molecule has 0 radical (unpaired) electrons. The summed E-state index contributed by atoms with van der Waals surface area (Å²) in [6.07, 6.45) is 1.04. The second-order valence-electron chi connectivity index (χ2n) is 8.41. The van der Waals surface area contributed by atoms with Crippen molar-refractivity contribution in [3.05, 3.63) is 64.7 Å². The molecule has 0 fully saturated rings. The molecule has 0 spiro atoms. The Labute approximate surface area is 170 Å². The molecule has 0 N–H and O–H groups in total. The maximum absolute atomic E-state index is 12.8. The Bertz CT molecular complexity index is 971. The molecular formula is C23H24N2O4. The van der Waals surface area contributed by atoms with Crippen molar-refractivity contribution in [2.45, 2.75) is 39.2 Å². The number of carbonyl (C=O) groups excluding carboxylic acids is 3. The van der Waals surface area contributed by atoms with Crippen LogP contribution in [0.15, 0.2) is 42.5 Å². The highest BCUT2D eigenvalue weighted by atomic mass is 16.6. The van der Waals surface area contributed by atoms with Gasteiger partial charge in [0.2, 0.25) is 0 Å². The van der Waals surface area contributed by atoms with E-state index < -0.39 is 5.60 Å². The summed E-state index contributed by atoms with van der Waals surface area (Å²) in [4.78, 5) is 40.9. The van der Waals surface area contributed by atoms with E-state index in [4.69, 9.17) is 4.74 Å². The van der Waals surface area contributed by atoms with E-state index in [-0.39, 0.29) is 17.9 Å². The number of fused-ring (bicyclic) bond motifs is 2. The van der Waals surface area contributed by atoms with Crippen LogP contribution in [0.25, 0.3) is 0 Å². The van der Waals surface area contributed by atoms with Gasteiger partial charge in [0.05, 0.1) is 16.8 Å². The molecule has 0 aromatic heterocycles. The fourth-order valence-corrected chi connectivity index (χ4v) is 3.78. The largest absolute Gasteiger partial charge is 0.444 e. The van der Waals surface area contributed by atoms with E-state index in [1.807, 2.05) is 39.0 Å². The highest BCUT2D eigenvalue weighted by Crippen LogP contribution is 2.30. The first-order valence-corrected chi connectivity index (χ1v) is 9.82. The molecule has 0 atom stereocenters. The standard InChI is InChI=1S/C23H24N2O4/c1-23(2,3)29-22(28)24-12-10-15-8-9-17(14-16(15)11-13-24)25-20(26)18-6-4-5-7-19(18)21(25)27/h4-9,14H,10-13H2,1-3H3. The quantitative estimate of drug-likeness (QED) is 0.692. The molecule has 6 heteroatoms. The van der Waals surface area contributed by atoms with E-state index in [2.05, 4.69) is 0 Å². The van der Waals surface area contributed by atoms with Crippen molar-refractivity contribution in [3.63, 3.8) is 0 Å². The number of nitrogens with zero attached hydrogens (tertiary/aromatic N) is 2. The third-order valence-electron chi connectivity index (χ3n) is 5.20. The number of rotatable bonds is 1. The van der Waals surface area contributed by atoms with Gasteiger partial charge in [0, 0.05) is 13.1 Å². The van der Waals surface area contributed by atoms with Crippen LogP contribution in [-0.4, -0.2) is 41.5 Å². The Balaban J connectivity index is 1.55. The number of hydrogen-bond acceptors (Lipinski definition) is 4. The minimum absolute atomic E-state index is 0.297. The van der Waals surface area contributed by atoms with Crippen molar-refractivity contribution in [2.75, 3.05) is 18.0 Å². The van der Waals surface area contributed by atoms with Crippen molar-refractivity contribution in [3.8, 4) is 0 Å². The molecule has 0 saturated carbocycles. The minimum atomic E-state index is -0.533. The van der Waals surface area contributed by atoms with Gasteiger partial charge in [-0.3, -0.25) is 9.59 Å². The number of hydrogen-bond donors (Lipinski definition) is 0. The number of amides is 3. The first-order valence-electron chi connectivity index (χ1n) is 9.82. The van der Waals surface area contributed by atoms with Crippen LogP contribution in [0.2, 0.25) is 0 Å². The minimum Gasteiger partial charge on any atom is -0.444 e. The molecule has 150 valence electrons. The lowest BCUT2D eigenvalue weighted by Crippen LogP contribution is -2.38. The summed E-state index contributed by atoms with van der Waals surface area (Å²) in [6.45, 7) is 6.67. The number of benzene rings is 2. The van der Waals surface area contributed by atoms with Crippen LogP contribution in [0.3, 0.4) is 0 Å². The number of anilines is 1. The second kappa shape index (κ2) is 7.03. The van der Waals surface area contributed by atoms with Gasteiger partial charge in [-0.1, -0.05) is 18.2 Å². The second-order valence-corrected chi connectivity index (χ2v) is 8.41. The van der Waals surface area contributed by atoms with Crippen LogP contribution in [0.4, 0.5) is 10.5 Å². The van der Waals surface area contributed by atoms with Crippen LogP contribution in [-0.2, 0) is 17.6 Å². The third-order valence-corrected chi connectivity index (χ3v) is 5.20.